The lowest BCUT2D eigenvalue weighted by atomic mass is 9.89. The summed E-state index contributed by atoms with van der Waals surface area (Å²) in [5.74, 6) is 2.37. The molecule has 1 aliphatic heterocycles. The number of aromatic nitrogens is 3. The smallest absolute Gasteiger partial charge is 0.138 e. The van der Waals surface area contributed by atoms with Gasteiger partial charge >= 0.3 is 0 Å². The zero-order valence-electron chi connectivity index (χ0n) is 12.3. The van der Waals surface area contributed by atoms with Gasteiger partial charge in [-0.05, 0) is 31.7 Å². The summed E-state index contributed by atoms with van der Waals surface area (Å²) in [7, 11) is 2.04. The Bertz CT molecular complexity index is 371. The van der Waals surface area contributed by atoms with Crippen LogP contribution in [-0.2, 0) is 17.7 Å². The molecule has 2 heterocycles. The molecular weight excluding hydrogens is 240 g/mol. The van der Waals surface area contributed by atoms with Crippen molar-refractivity contribution in [2.45, 2.75) is 45.7 Å². The number of nitrogens with zero attached hydrogens (tertiary/aromatic N) is 3. The minimum atomic E-state index is 0.471. The maximum absolute atomic E-state index is 5.44. The van der Waals surface area contributed by atoms with E-state index >= 15 is 0 Å². The van der Waals surface area contributed by atoms with E-state index in [1.165, 1.54) is 0 Å². The molecule has 1 aromatic rings. The Morgan fingerprint density at radius 1 is 1.42 bits per heavy atom. The van der Waals surface area contributed by atoms with Crippen LogP contribution in [0.3, 0.4) is 0 Å². The van der Waals surface area contributed by atoms with Gasteiger partial charge in [0.05, 0.1) is 0 Å². The van der Waals surface area contributed by atoms with E-state index in [4.69, 9.17) is 4.74 Å². The van der Waals surface area contributed by atoms with Crippen LogP contribution in [0.25, 0.3) is 0 Å². The van der Waals surface area contributed by atoms with Crippen LogP contribution in [0.2, 0.25) is 0 Å². The van der Waals surface area contributed by atoms with Crippen LogP contribution in [0.1, 0.15) is 32.5 Å². The van der Waals surface area contributed by atoms with Crippen molar-refractivity contribution in [1.29, 1.82) is 0 Å². The number of nitrogens with one attached hydrogen (secondary N) is 1. The average molecular weight is 266 g/mol. The maximum atomic E-state index is 5.44. The second-order valence-electron chi connectivity index (χ2n) is 5.80. The van der Waals surface area contributed by atoms with Crippen molar-refractivity contribution in [3.05, 3.63) is 12.2 Å². The van der Waals surface area contributed by atoms with Crippen molar-refractivity contribution in [3.8, 4) is 0 Å². The second kappa shape index (κ2) is 7.01. The Hall–Kier alpha value is -0.940. The van der Waals surface area contributed by atoms with Gasteiger partial charge in [-0.15, -0.1) is 0 Å². The van der Waals surface area contributed by atoms with Crippen LogP contribution in [0.5, 0.6) is 0 Å². The van der Waals surface area contributed by atoms with Crippen LogP contribution >= 0.6 is 0 Å². The molecule has 1 aromatic heterocycles. The molecule has 1 atom stereocenters. The average Bonchev–Trinajstić information content (AvgIpc) is 2.83. The molecule has 1 saturated heterocycles. The fraction of sp³-hybridized carbons (Fsp3) is 0.857. The van der Waals surface area contributed by atoms with E-state index in [9.17, 15) is 0 Å². The molecule has 5 nitrogen and oxygen atoms in total. The summed E-state index contributed by atoms with van der Waals surface area (Å²) in [6, 6.07) is 0.471. The highest BCUT2D eigenvalue weighted by Crippen LogP contribution is 2.21. The van der Waals surface area contributed by atoms with E-state index in [0.717, 1.165) is 44.8 Å². The van der Waals surface area contributed by atoms with Crippen molar-refractivity contribution in [1.82, 2.24) is 20.1 Å². The molecule has 108 valence electrons. The first-order valence-corrected chi connectivity index (χ1v) is 7.32. The Balaban J connectivity index is 1.99. The molecule has 0 aromatic carbocycles. The molecule has 2 rings (SSSR count). The van der Waals surface area contributed by atoms with Gasteiger partial charge in [0.15, 0.2) is 0 Å². The minimum absolute atomic E-state index is 0.471. The van der Waals surface area contributed by atoms with Crippen molar-refractivity contribution in [3.63, 3.8) is 0 Å². The van der Waals surface area contributed by atoms with Gasteiger partial charge in [0.1, 0.15) is 12.2 Å². The van der Waals surface area contributed by atoms with Gasteiger partial charge in [-0.25, -0.2) is 9.67 Å². The van der Waals surface area contributed by atoms with E-state index in [1.807, 2.05) is 11.7 Å². The first-order valence-electron chi connectivity index (χ1n) is 7.32. The van der Waals surface area contributed by atoms with Gasteiger partial charge in [0.2, 0.25) is 0 Å². The third kappa shape index (κ3) is 4.01. The topological polar surface area (TPSA) is 52.0 Å². The van der Waals surface area contributed by atoms with Crippen molar-refractivity contribution in [2.24, 2.45) is 11.8 Å². The Kier molecular flexibility index (Phi) is 5.34. The lowest BCUT2D eigenvalue weighted by Crippen LogP contribution is -2.39. The molecule has 1 N–H and O–H groups in total. The van der Waals surface area contributed by atoms with E-state index in [1.54, 1.807) is 6.33 Å². The van der Waals surface area contributed by atoms with E-state index in [-0.39, 0.29) is 0 Å². The van der Waals surface area contributed by atoms with Gasteiger partial charge < -0.3 is 10.1 Å². The fourth-order valence-electron chi connectivity index (χ4n) is 2.76. The highest BCUT2D eigenvalue weighted by molar-refractivity contribution is 4.92. The maximum Gasteiger partial charge on any atom is 0.138 e. The number of ether oxygens (including phenoxy) is 1. The molecule has 0 bridgehead atoms. The summed E-state index contributed by atoms with van der Waals surface area (Å²) in [5.41, 5.74) is 0. The lowest BCUT2D eigenvalue weighted by Gasteiger charge is -2.30. The summed E-state index contributed by atoms with van der Waals surface area (Å²) in [4.78, 5) is 4.43. The quantitative estimate of drug-likeness (QED) is 0.847. The SMILES string of the molecule is CNC(Cc1ncnn1CC(C)C)C1CCOCC1. The zero-order valence-corrected chi connectivity index (χ0v) is 12.3. The van der Waals surface area contributed by atoms with Crippen LogP contribution < -0.4 is 5.32 Å². The zero-order chi connectivity index (χ0) is 13.7. The normalized spacial score (nSPS) is 18.9. The van der Waals surface area contributed by atoms with Gasteiger partial charge in [-0.3, -0.25) is 0 Å². The molecule has 5 heteroatoms. The highest BCUT2D eigenvalue weighted by atomic mass is 16.5. The van der Waals surface area contributed by atoms with Crippen molar-refractivity contribution >= 4 is 0 Å². The monoisotopic (exact) mass is 266 g/mol. The predicted octanol–water partition coefficient (Wildman–Crippen LogP) is 1.49. The fourth-order valence-corrected chi connectivity index (χ4v) is 2.76. The van der Waals surface area contributed by atoms with E-state index in [0.29, 0.717) is 17.9 Å². The Labute approximate surface area is 115 Å². The Morgan fingerprint density at radius 3 is 2.79 bits per heavy atom. The lowest BCUT2D eigenvalue weighted by molar-refractivity contribution is 0.0543. The van der Waals surface area contributed by atoms with E-state index in [2.05, 4.69) is 29.2 Å². The molecule has 0 aliphatic carbocycles. The summed E-state index contributed by atoms with van der Waals surface area (Å²) in [6.07, 6.45) is 4.91. The molecule has 0 spiro atoms. The van der Waals surface area contributed by atoms with E-state index < -0.39 is 0 Å². The minimum Gasteiger partial charge on any atom is -0.381 e. The third-order valence-corrected chi connectivity index (χ3v) is 3.84. The second-order valence-corrected chi connectivity index (χ2v) is 5.80. The van der Waals surface area contributed by atoms with Crippen LogP contribution in [0, 0.1) is 11.8 Å². The van der Waals surface area contributed by atoms with Crippen LogP contribution in [0.15, 0.2) is 6.33 Å². The molecule has 0 radical (unpaired) electrons. The first-order chi connectivity index (χ1) is 9.20. The molecule has 1 aliphatic rings. The number of rotatable bonds is 6. The van der Waals surface area contributed by atoms with Gasteiger partial charge in [-0.2, -0.15) is 5.10 Å². The van der Waals surface area contributed by atoms with Gasteiger partial charge in [0, 0.05) is 32.2 Å². The summed E-state index contributed by atoms with van der Waals surface area (Å²) in [5, 5.41) is 7.80. The molecular formula is C14H26N4O. The molecule has 0 saturated carbocycles. The highest BCUT2D eigenvalue weighted by Gasteiger charge is 2.24. The Morgan fingerprint density at radius 2 is 2.16 bits per heavy atom. The number of hydrogen-bond acceptors (Lipinski definition) is 4. The van der Waals surface area contributed by atoms with Gasteiger partial charge in [0.25, 0.3) is 0 Å². The molecule has 19 heavy (non-hydrogen) atoms. The van der Waals surface area contributed by atoms with Crippen molar-refractivity contribution in [2.75, 3.05) is 20.3 Å². The molecule has 1 unspecified atom stereocenters. The third-order valence-electron chi connectivity index (χ3n) is 3.84. The molecule has 0 amide bonds. The number of likely N-dealkylation sites (N-methyl/N-ethyl adjacent to an activating group) is 1. The number of hydrogen-bond donors (Lipinski definition) is 1. The van der Waals surface area contributed by atoms with Crippen LogP contribution in [0.4, 0.5) is 0 Å². The largest absolute Gasteiger partial charge is 0.381 e. The van der Waals surface area contributed by atoms with Crippen LogP contribution in [-0.4, -0.2) is 41.1 Å². The van der Waals surface area contributed by atoms with Crippen molar-refractivity contribution < 1.29 is 4.74 Å². The van der Waals surface area contributed by atoms with Gasteiger partial charge in [-0.1, -0.05) is 13.8 Å². The summed E-state index contributed by atoms with van der Waals surface area (Å²) in [6.45, 7) is 7.14. The first kappa shape index (κ1) is 14.5. The predicted molar refractivity (Wildman–Crippen MR) is 75.0 cm³/mol. The molecule has 1 fully saturated rings. The standard InChI is InChI=1S/C14H26N4O/c1-11(2)9-18-14(16-10-17-18)8-13(15-3)12-4-6-19-7-5-12/h10-13,15H,4-9H2,1-3H3. The summed E-state index contributed by atoms with van der Waals surface area (Å²) >= 11 is 0. The summed E-state index contributed by atoms with van der Waals surface area (Å²) < 4.78 is 7.49.